The lowest BCUT2D eigenvalue weighted by atomic mass is 9.77. The lowest BCUT2D eigenvalue weighted by Gasteiger charge is -2.38. The van der Waals surface area contributed by atoms with E-state index in [1.165, 1.54) is 0 Å². The van der Waals surface area contributed by atoms with E-state index in [2.05, 4.69) is 10.4 Å². The molecule has 102 valence electrons. The molecular formula is C10H12N4O5. The lowest BCUT2D eigenvalue weighted by molar-refractivity contribution is -0.385. The molecule has 0 radical (unpaired) electrons. The maximum absolute atomic E-state index is 11.7. The lowest BCUT2D eigenvalue weighted by Crippen LogP contribution is -2.59. The molecule has 1 aliphatic carbocycles. The molecule has 1 fully saturated rings. The van der Waals surface area contributed by atoms with E-state index in [0.29, 0.717) is 12.8 Å². The second kappa shape index (κ2) is 4.67. The van der Waals surface area contributed by atoms with Gasteiger partial charge in [-0.1, -0.05) is 0 Å². The Balaban J connectivity index is 1.97. The first-order valence-corrected chi connectivity index (χ1v) is 5.64. The van der Waals surface area contributed by atoms with Crippen LogP contribution in [0.2, 0.25) is 0 Å². The Morgan fingerprint density at radius 1 is 1.58 bits per heavy atom. The van der Waals surface area contributed by atoms with Crippen LogP contribution in [0.4, 0.5) is 5.69 Å². The predicted octanol–water partition coefficient (Wildman–Crippen LogP) is -0.0852. The van der Waals surface area contributed by atoms with Gasteiger partial charge in [0.1, 0.15) is 24.5 Å². The fourth-order valence-electron chi connectivity index (χ4n) is 1.91. The van der Waals surface area contributed by atoms with Gasteiger partial charge in [0.05, 0.1) is 4.92 Å². The van der Waals surface area contributed by atoms with E-state index in [1.807, 2.05) is 0 Å². The quantitative estimate of drug-likeness (QED) is 0.567. The summed E-state index contributed by atoms with van der Waals surface area (Å²) in [6, 6.07) is 0. The van der Waals surface area contributed by atoms with Gasteiger partial charge >= 0.3 is 11.7 Å². The number of carboxylic acid groups (broad SMARTS) is 1. The van der Waals surface area contributed by atoms with Gasteiger partial charge in [0.15, 0.2) is 0 Å². The number of carboxylic acids is 1. The summed E-state index contributed by atoms with van der Waals surface area (Å²) in [5, 5.41) is 25.6. The molecular weight excluding hydrogens is 256 g/mol. The summed E-state index contributed by atoms with van der Waals surface area (Å²) < 4.78 is 1.10. The molecule has 1 aromatic rings. The average Bonchev–Trinajstić information content (AvgIpc) is 2.71. The summed E-state index contributed by atoms with van der Waals surface area (Å²) in [6.07, 6.45) is 3.69. The van der Waals surface area contributed by atoms with Crippen LogP contribution in [0.25, 0.3) is 0 Å². The van der Waals surface area contributed by atoms with Crippen LogP contribution in [-0.4, -0.2) is 37.2 Å². The smallest absolute Gasteiger partial charge is 0.329 e. The maximum atomic E-state index is 11.7. The highest BCUT2D eigenvalue weighted by molar-refractivity contribution is 5.87. The zero-order chi connectivity index (χ0) is 14.0. The van der Waals surface area contributed by atoms with Crippen molar-refractivity contribution in [3.8, 4) is 0 Å². The zero-order valence-corrected chi connectivity index (χ0v) is 9.90. The van der Waals surface area contributed by atoms with Gasteiger partial charge in [-0.3, -0.25) is 19.6 Å². The van der Waals surface area contributed by atoms with Gasteiger partial charge in [-0.25, -0.2) is 4.79 Å². The van der Waals surface area contributed by atoms with E-state index in [0.717, 1.165) is 23.5 Å². The van der Waals surface area contributed by atoms with Crippen LogP contribution in [0.15, 0.2) is 12.4 Å². The first kappa shape index (κ1) is 13.0. The number of hydrogen-bond donors (Lipinski definition) is 2. The standard InChI is InChI=1S/C10H12N4O5/c15-8(12-10(9(16)17)2-1-3-10)6-13-5-7(4-11-13)14(18)19/h4-5H,1-3,6H2,(H,12,15)(H,16,17). The molecule has 1 saturated carbocycles. The summed E-state index contributed by atoms with van der Waals surface area (Å²) in [6.45, 7) is -0.247. The third-order valence-corrected chi connectivity index (χ3v) is 3.13. The molecule has 19 heavy (non-hydrogen) atoms. The Morgan fingerprint density at radius 2 is 2.26 bits per heavy atom. The van der Waals surface area contributed by atoms with Gasteiger partial charge in [0.25, 0.3) is 0 Å². The van der Waals surface area contributed by atoms with E-state index < -0.39 is 22.3 Å². The SMILES string of the molecule is O=C(Cn1cc([N+](=O)[O-])cn1)NC1(C(=O)O)CCC1. The number of nitrogens with zero attached hydrogens (tertiary/aromatic N) is 3. The van der Waals surface area contributed by atoms with E-state index in [1.54, 1.807) is 0 Å². The minimum Gasteiger partial charge on any atom is -0.480 e. The molecule has 2 rings (SSSR count). The summed E-state index contributed by atoms with van der Waals surface area (Å²) >= 11 is 0. The van der Waals surface area contributed by atoms with Crippen LogP contribution in [-0.2, 0) is 16.1 Å². The molecule has 1 aliphatic rings. The van der Waals surface area contributed by atoms with Crippen molar-refractivity contribution in [3.05, 3.63) is 22.5 Å². The topological polar surface area (TPSA) is 127 Å². The number of amides is 1. The Labute approximate surface area is 107 Å². The number of carbonyl (C=O) groups excluding carboxylic acids is 1. The Hall–Kier alpha value is -2.45. The van der Waals surface area contributed by atoms with Crippen LogP contribution in [0.5, 0.6) is 0 Å². The third-order valence-electron chi connectivity index (χ3n) is 3.13. The maximum Gasteiger partial charge on any atom is 0.329 e. The number of aliphatic carboxylic acids is 1. The second-order valence-corrected chi connectivity index (χ2v) is 4.44. The minimum absolute atomic E-state index is 0.218. The van der Waals surface area contributed by atoms with E-state index in [-0.39, 0.29) is 12.2 Å². The molecule has 1 amide bonds. The van der Waals surface area contributed by atoms with Crippen molar-refractivity contribution >= 4 is 17.6 Å². The van der Waals surface area contributed by atoms with E-state index >= 15 is 0 Å². The van der Waals surface area contributed by atoms with Crippen LogP contribution in [0.1, 0.15) is 19.3 Å². The molecule has 0 aliphatic heterocycles. The normalized spacial score (nSPS) is 16.4. The molecule has 2 N–H and O–H groups in total. The highest BCUT2D eigenvalue weighted by Crippen LogP contribution is 2.31. The van der Waals surface area contributed by atoms with Gasteiger partial charge in [0.2, 0.25) is 5.91 Å². The second-order valence-electron chi connectivity index (χ2n) is 4.44. The van der Waals surface area contributed by atoms with E-state index in [4.69, 9.17) is 5.11 Å². The number of rotatable bonds is 5. The summed E-state index contributed by atoms with van der Waals surface area (Å²) in [4.78, 5) is 32.6. The molecule has 0 atom stereocenters. The molecule has 1 heterocycles. The molecule has 0 aromatic carbocycles. The monoisotopic (exact) mass is 268 g/mol. The van der Waals surface area contributed by atoms with Crippen molar-refractivity contribution in [3.63, 3.8) is 0 Å². The molecule has 0 bridgehead atoms. The predicted molar refractivity (Wildman–Crippen MR) is 61.2 cm³/mol. The molecule has 0 spiro atoms. The number of nitrogens with one attached hydrogen (secondary N) is 1. The summed E-state index contributed by atoms with van der Waals surface area (Å²) in [7, 11) is 0. The fraction of sp³-hybridized carbons (Fsp3) is 0.500. The van der Waals surface area contributed by atoms with Crippen molar-refractivity contribution in [2.45, 2.75) is 31.3 Å². The highest BCUT2D eigenvalue weighted by atomic mass is 16.6. The average molecular weight is 268 g/mol. The van der Waals surface area contributed by atoms with Gasteiger partial charge < -0.3 is 10.4 Å². The van der Waals surface area contributed by atoms with Gasteiger partial charge in [-0.15, -0.1) is 0 Å². The van der Waals surface area contributed by atoms with E-state index in [9.17, 15) is 19.7 Å². The fourth-order valence-corrected chi connectivity index (χ4v) is 1.91. The number of aromatic nitrogens is 2. The Morgan fingerprint density at radius 3 is 2.68 bits per heavy atom. The number of carbonyl (C=O) groups is 2. The van der Waals surface area contributed by atoms with Gasteiger partial charge in [-0.05, 0) is 19.3 Å². The zero-order valence-electron chi connectivity index (χ0n) is 9.90. The van der Waals surface area contributed by atoms with Crippen molar-refractivity contribution in [2.75, 3.05) is 0 Å². The Bertz CT molecular complexity index is 534. The minimum atomic E-state index is -1.18. The molecule has 9 heteroatoms. The first-order valence-electron chi connectivity index (χ1n) is 5.64. The van der Waals surface area contributed by atoms with Crippen molar-refractivity contribution < 1.29 is 19.6 Å². The third kappa shape index (κ3) is 2.54. The highest BCUT2D eigenvalue weighted by Gasteiger charge is 2.45. The largest absolute Gasteiger partial charge is 0.480 e. The Kier molecular flexibility index (Phi) is 3.19. The first-order chi connectivity index (χ1) is 8.93. The molecule has 9 nitrogen and oxygen atoms in total. The number of nitro groups is 1. The van der Waals surface area contributed by atoms with Crippen LogP contribution >= 0.6 is 0 Å². The van der Waals surface area contributed by atoms with Crippen LogP contribution in [0.3, 0.4) is 0 Å². The summed E-state index contributed by atoms with van der Waals surface area (Å²) in [5.74, 6) is -1.58. The molecule has 1 aromatic heterocycles. The van der Waals surface area contributed by atoms with Crippen LogP contribution < -0.4 is 5.32 Å². The molecule has 0 unspecified atom stereocenters. The van der Waals surface area contributed by atoms with Crippen molar-refractivity contribution in [1.82, 2.24) is 15.1 Å². The number of hydrogen-bond acceptors (Lipinski definition) is 5. The van der Waals surface area contributed by atoms with Gasteiger partial charge in [0, 0.05) is 0 Å². The van der Waals surface area contributed by atoms with Crippen molar-refractivity contribution in [1.29, 1.82) is 0 Å². The van der Waals surface area contributed by atoms with Crippen molar-refractivity contribution in [2.24, 2.45) is 0 Å². The van der Waals surface area contributed by atoms with Gasteiger partial charge in [-0.2, -0.15) is 5.10 Å². The molecule has 0 saturated heterocycles. The van der Waals surface area contributed by atoms with Crippen LogP contribution in [0, 0.1) is 10.1 Å². The summed E-state index contributed by atoms with van der Waals surface area (Å²) in [5.41, 5.74) is -1.40.